The monoisotopic (exact) mass is 371 g/mol. The van der Waals surface area contributed by atoms with E-state index in [1.807, 2.05) is 13.0 Å². The Labute approximate surface area is 151 Å². The molecule has 0 aliphatic rings. The van der Waals surface area contributed by atoms with Crippen molar-refractivity contribution in [1.29, 1.82) is 5.26 Å². The van der Waals surface area contributed by atoms with Gasteiger partial charge in [-0.05, 0) is 43.3 Å². The summed E-state index contributed by atoms with van der Waals surface area (Å²) in [5.41, 5.74) is 0.819. The molecule has 3 N–H and O–H groups in total. The highest BCUT2D eigenvalue weighted by molar-refractivity contribution is 7.89. The second-order valence-corrected chi connectivity index (χ2v) is 6.73. The summed E-state index contributed by atoms with van der Waals surface area (Å²) < 4.78 is 27.9. The molecule has 1 amide bonds. The summed E-state index contributed by atoms with van der Waals surface area (Å²) in [5, 5.41) is 16.9. The van der Waals surface area contributed by atoms with Crippen LogP contribution < -0.4 is 15.2 Å². The first-order valence-electron chi connectivity index (χ1n) is 7.63. The number of hydrogen-bond donors (Lipinski definition) is 2. The second kappa shape index (κ2) is 8.29. The van der Waals surface area contributed by atoms with Gasteiger partial charge in [-0.3, -0.25) is 4.79 Å². The fourth-order valence-corrected chi connectivity index (χ4v) is 2.63. The van der Waals surface area contributed by atoms with E-state index in [-0.39, 0.29) is 10.5 Å². The molecule has 0 aliphatic heterocycles. The van der Waals surface area contributed by atoms with Gasteiger partial charge >= 0.3 is 0 Å². The summed E-state index contributed by atoms with van der Waals surface area (Å²) in [4.78, 5) is 12.2. The number of amides is 1. The van der Waals surface area contributed by atoms with E-state index in [0.29, 0.717) is 23.6 Å². The van der Waals surface area contributed by atoms with E-state index in [9.17, 15) is 18.5 Å². The maximum absolute atomic E-state index is 12.3. The summed E-state index contributed by atoms with van der Waals surface area (Å²) in [5.74, 6) is -0.0600. The molecule has 0 heterocycles. The molecule has 0 fully saturated rings. The Morgan fingerprint density at radius 3 is 2.46 bits per heavy atom. The molecule has 2 aromatic carbocycles. The molecule has 0 atom stereocenters. The van der Waals surface area contributed by atoms with E-state index in [1.165, 1.54) is 30.3 Å². The molecule has 8 heteroatoms. The van der Waals surface area contributed by atoms with Crippen LogP contribution in [0.3, 0.4) is 0 Å². The number of primary sulfonamides is 1. The number of hydrogen-bond acceptors (Lipinski definition) is 5. The highest BCUT2D eigenvalue weighted by Crippen LogP contribution is 2.21. The van der Waals surface area contributed by atoms with Crippen LogP contribution in [-0.4, -0.2) is 20.9 Å². The number of carbonyl (C=O) groups is 1. The van der Waals surface area contributed by atoms with Gasteiger partial charge in [0.05, 0.1) is 11.5 Å². The number of anilines is 1. The zero-order valence-electron chi connectivity index (χ0n) is 14.0. The quantitative estimate of drug-likeness (QED) is 0.596. The van der Waals surface area contributed by atoms with E-state index in [1.54, 1.807) is 24.3 Å². The molecule has 0 aliphatic carbocycles. The molecule has 0 saturated carbocycles. The molecule has 0 bridgehead atoms. The Hall–Kier alpha value is -3.15. The summed E-state index contributed by atoms with van der Waals surface area (Å²) >= 11 is 0. The average Bonchev–Trinajstić information content (AvgIpc) is 2.60. The van der Waals surface area contributed by atoms with Crippen LogP contribution in [0.5, 0.6) is 5.75 Å². The lowest BCUT2D eigenvalue weighted by Gasteiger charge is -2.08. The Bertz CT molecular complexity index is 974. The number of nitriles is 1. The Morgan fingerprint density at radius 2 is 1.88 bits per heavy atom. The molecule has 0 saturated heterocycles. The van der Waals surface area contributed by atoms with Gasteiger partial charge in [0.2, 0.25) is 10.0 Å². The number of para-hydroxylation sites is 1. The lowest BCUT2D eigenvalue weighted by molar-refractivity contribution is -0.112. The summed E-state index contributed by atoms with van der Waals surface area (Å²) in [6, 6.07) is 14.2. The number of carbonyl (C=O) groups excluding carboxylic acids is 1. The second-order valence-electron chi connectivity index (χ2n) is 5.16. The van der Waals surface area contributed by atoms with Crippen molar-refractivity contribution >= 4 is 27.7 Å². The van der Waals surface area contributed by atoms with Gasteiger partial charge < -0.3 is 10.1 Å². The number of nitrogens with two attached hydrogens (primary N) is 1. The predicted molar refractivity (Wildman–Crippen MR) is 97.6 cm³/mol. The highest BCUT2D eigenvalue weighted by Gasteiger charge is 2.12. The van der Waals surface area contributed by atoms with Crippen molar-refractivity contribution in [2.24, 2.45) is 5.14 Å². The van der Waals surface area contributed by atoms with Gasteiger partial charge in [0, 0.05) is 11.3 Å². The lowest BCUT2D eigenvalue weighted by atomic mass is 10.1. The zero-order valence-corrected chi connectivity index (χ0v) is 14.8. The Balaban J connectivity index is 2.23. The van der Waals surface area contributed by atoms with Crippen LogP contribution >= 0.6 is 0 Å². The van der Waals surface area contributed by atoms with Gasteiger partial charge in [-0.2, -0.15) is 5.26 Å². The molecular formula is C18H17N3O4S. The minimum Gasteiger partial charge on any atom is -0.493 e. The van der Waals surface area contributed by atoms with E-state index in [4.69, 9.17) is 9.88 Å². The van der Waals surface area contributed by atoms with E-state index in [0.717, 1.165) is 0 Å². The number of benzene rings is 2. The molecule has 0 aromatic heterocycles. The standard InChI is InChI=1S/C18H17N3O4S/c1-2-25-17-6-4-3-5-13(17)11-14(12-19)18(22)21-15-7-9-16(10-8-15)26(20,23)24/h3-11H,2H2,1H3,(H,21,22)(H2,20,23,24)/b14-11+. The predicted octanol–water partition coefficient (Wildman–Crippen LogP) is 2.28. The fourth-order valence-electron chi connectivity index (χ4n) is 2.12. The smallest absolute Gasteiger partial charge is 0.266 e. The van der Waals surface area contributed by atoms with Crippen LogP contribution in [0.25, 0.3) is 6.08 Å². The van der Waals surface area contributed by atoms with Crippen LogP contribution in [0.4, 0.5) is 5.69 Å². The van der Waals surface area contributed by atoms with Crippen molar-refractivity contribution in [3.63, 3.8) is 0 Å². The van der Waals surface area contributed by atoms with Crippen LogP contribution in [0, 0.1) is 11.3 Å². The molecule has 0 spiro atoms. The van der Waals surface area contributed by atoms with Crippen molar-refractivity contribution in [1.82, 2.24) is 0 Å². The summed E-state index contributed by atoms with van der Waals surface area (Å²) in [6.45, 7) is 2.29. The van der Waals surface area contributed by atoms with Gasteiger partial charge in [-0.15, -0.1) is 0 Å². The first-order valence-corrected chi connectivity index (χ1v) is 9.17. The summed E-state index contributed by atoms with van der Waals surface area (Å²) in [7, 11) is -3.81. The normalized spacial score (nSPS) is 11.5. The first kappa shape index (κ1) is 19.2. The SMILES string of the molecule is CCOc1ccccc1/C=C(\C#N)C(=O)Nc1ccc(S(N)(=O)=O)cc1. The maximum Gasteiger partial charge on any atom is 0.266 e. The Kier molecular flexibility index (Phi) is 6.11. The van der Waals surface area contributed by atoms with E-state index in [2.05, 4.69) is 5.32 Å². The molecule has 0 radical (unpaired) electrons. The highest BCUT2D eigenvalue weighted by atomic mass is 32.2. The topological polar surface area (TPSA) is 122 Å². The van der Waals surface area contributed by atoms with Crippen molar-refractivity contribution < 1.29 is 17.9 Å². The molecular weight excluding hydrogens is 354 g/mol. The third-order valence-electron chi connectivity index (χ3n) is 3.32. The molecule has 0 unspecified atom stereocenters. The number of nitrogens with zero attached hydrogens (tertiary/aromatic N) is 1. The van der Waals surface area contributed by atoms with Gasteiger partial charge in [0.25, 0.3) is 5.91 Å². The number of ether oxygens (including phenoxy) is 1. The number of nitrogens with one attached hydrogen (secondary N) is 1. The molecule has 26 heavy (non-hydrogen) atoms. The molecule has 2 rings (SSSR count). The largest absolute Gasteiger partial charge is 0.493 e. The minimum atomic E-state index is -3.81. The molecule has 7 nitrogen and oxygen atoms in total. The van der Waals surface area contributed by atoms with E-state index >= 15 is 0 Å². The van der Waals surface area contributed by atoms with Crippen molar-refractivity contribution in [3.05, 3.63) is 59.7 Å². The van der Waals surface area contributed by atoms with Crippen molar-refractivity contribution in [2.45, 2.75) is 11.8 Å². The van der Waals surface area contributed by atoms with Gasteiger partial charge in [-0.1, -0.05) is 18.2 Å². The molecule has 134 valence electrons. The minimum absolute atomic E-state index is 0.0720. The third-order valence-corrected chi connectivity index (χ3v) is 4.25. The number of rotatable bonds is 6. The van der Waals surface area contributed by atoms with E-state index < -0.39 is 15.9 Å². The summed E-state index contributed by atoms with van der Waals surface area (Å²) in [6.07, 6.45) is 1.43. The third kappa shape index (κ3) is 4.92. The Morgan fingerprint density at radius 1 is 1.23 bits per heavy atom. The van der Waals surface area contributed by atoms with Crippen LogP contribution in [0.2, 0.25) is 0 Å². The van der Waals surface area contributed by atoms with Crippen LogP contribution in [0.1, 0.15) is 12.5 Å². The fraction of sp³-hybridized carbons (Fsp3) is 0.111. The number of sulfonamides is 1. The zero-order chi connectivity index (χ0) is 19.2. The lowest BCUT2D eigenvalue weighted by Crippen LogP contribution is -2.14. The van der Waals surface area contributed by atoms with Crippen molar-refractivity contribution in [3.8, 4) is 11.8 Å². The average molecular weight is 371 g/mol. The van der Waals surface area contributed by atoms with Crippen LogP contribution in [0.15, 0.2) is 59.0 Å². The van der Waals surface area contributed by atoms with Crippen LogP contribution in [-0.2, 0) is 14.8 Å². The van der Waals surface area contributed by atoms with Crippen molar-refractivity contribution in [2.75, 3.05) is 11.9 Å². The first-order chi connectivity index (χ1) is 12.3. The maximum atomic E-state index is 12.3. The van der Waals surface area contributed by atoms with Gasteiger partial charge in [0.15, 0.2) is 0 Å². The molecule has 2 aromatic rings. The van der Waals surface area contributed by atoms with Gasteiger partial charge in [0.1, 0.15) is 17.4 Å². The van der Waals surface area contributed by atoms with Gasteiger partial charge in [-0.25, -0.2) is 13.6 Å².